The minimum absolute atomic E-state index is 0.159. The van der Waals surface area contributed by atoms with Gasteiger partial charge in [0.2, 0.25) is 0 Å². The molecule has 0 bridgehead atoms. The third-order valence-electron chi connectivity index (χ3n) is 3.87. The van der Waals surface area contributed by atoms with E-state index >= 15 is 0 Å². The van der Waals surface area contributed by atoms with Gasteiger partial charge >= 0.3 is 5.97 Å². The highest BCUT2D eigenvalue weighted by Crippen LogP contribution is 2.37. The lowest BCUT2D eigenvalue weighted by atomic mass is 9.92. The van der Waals surface area contributed by atoms with Gasteiger partial charge < -0.3 is 10.1 Å². The van der Waals surface area contributed by atoms with Gasteiger partial charge in [0, 0.05) is 19.1 Å². The third kappa shape index (κ3) is 2.23. The fourth-order valence-corrected chi connectivity index (χ4v) is 3.03. The maximum atomic E-state index is 13.8. The number of nitrogens with one attached hydrogen (secondary N) is 1. The minimum atomic E-state index is -2.71. The number of nitrogens with zero attached hydrogens (tertiary/aromatic N) is 1. The lowest BCUT2D eigenvalue weighted by Crippen LogP contribution is -2.49. The topological polar surface area (TPSA) is 41.6 Å². The largest absolute Gasteiger partial charge is 0.469 e. The molecule has 0 aromatic heterocycles. The lowest BCUT2D eigenvalue weighted by molar-refractivity contribution is -0.153. The maximum Gasteiger partial charge on any atom is 0.312 e. The van der Waals surface area contributed by atoms with E-state index in [1.54, 1.807) is 18.7 Å². The number of methoxy groups -OCH3 is 1. The third-order valence-corrected chi connectivity index (χ3v) is 3.87. The van der Waals surface area contributed by atoms with Crippen LogP contribution in [-0.4, -0.2) is 55.6 Å². The zero-order chi connectivity index (χ0) is 13.6. The number of ether oxygens (including phenoxy) is 1. The van der Waals surface area contributed by atoms with Crippen LogP contribution in [0.1, 0.15) is 20.3 Å². The molecule has 18 heavy (non-hydrogen) atoms. The highest BCUT2D eigenvalue weighted by Gasteiger charge is 2.56. The molecule has 2 fully saturated rings. The molecular formula is C12H20F2N2O2. The molecule has 2 aliphatic rings. The fourth-order valence-electron chi connectivity index (χ4n) is 3.03. The van der Waals surface area contributed by atoms with Gasteiger partial charge in [-0.25, -0.2) is 8.78 Å². The van der Waals surface area contributed by atoms with Gasteiger partial charge in [0.05, 0.1) is 25.1 Å². The normalized spacial score (nSPS) is 31.4. The Kier molecular flexibility index (Phi) is 3.36. The molecule has 2 rings (SSSR count). The van der Waals surface area contributed by atoms with Crippen molar-refractivity contribution in [1.82, 2.24) is 10.2 Å². The van der Waals surface area contributed by atoms with Crippen LogP contribution in [0.5, 0.6) is 0 Å². The van der Waals surface area contributed by atoms with Crippen LogP contribution in [0.2, 0.25) is 0 Å². The minimum Gasteiger partial charge on any atom is -0.469 e. The van der Waals surface area contributed by atoms with Gasteiger partial charge in [-0.1, -0.05) is 0 Å². The van der Waals surface area contributed by atoms with Gasteiger partial charge in [-0.2, -0.15) is 0 Å². The van der Waals surface area contributed by atoms with E-state index < -0.39 is 17.4 Å². The monoisotopic (exact) mass is 262 g/mol. The lowest BCUT2D eigenvalue weighted by Gasteiger charge is -2.33. The van der Waals surface area contributed by atoms with E-state index in [1.807, 2.05) is 0 Å². The zero-order valence-electron chi connectivity index (χ0n) is 11.0. The number of esters is 1. The number of alkyl halides is 2. The van der Waals surface area contributed by atoms with E-state index in [9.17, 15) is 13.6 Å². The molecule has 4 nitrogen and oxygen atoms in total. The Bertz CT molecular complexity index is 347. The smallest absolute Gasteiger partial charge is 0.312 e. The predicted octanol–water partition coefficient (Wildman–Crippen LogP) is 0.867. The summed E-state index contributed by atoms with van der Waals surface area (Å²) in [4.78, 5) is 13.3. The molecule has 1 N–H and O–H groups in total. The summed E-state index contributed by atoms with van der Waals surface area (Å²) in [7, 11) is 1.32. The quantitative estimate of drug-likeness (QED) is 0.766. The van der Waals surface area contributed by atoms with Crippen molar-refractivity contribution in [2.24, 2.45) is 5.41 Å². The zero-order valence-corrected chi connectivity index (χ0v) is 11.0. The summed E-state index contributed by atoms with van der Waals surface area (Å²) in [6.07, 6.45) is 0.706. The molecule has 0 aromatic rings. The molecule has 104 valence electrons. The predicted molar refractivity (Wildman–Crippen MR) is 62.5 cm³/mol. The van der Waals surface area contributed by atoms with Gasteiger partial charge in [0.25, 0.3) is 5.92 Å². The van der Waals surface area contributed by atoms with Crippen LogP contribution in [-0.2, 0) is 9.53 Å². The van der Waals surface area contributed by atoms with Gasteiger partial charge in [-0.05, 0) is 20.3 Å². The van der Waals surface area contributed by atoms with E-state index in [0.717, 1.165) is 0 Å². The molecular weight excluding hydrogens is 242 g/mol. The number of carbonyl (C=O) groups is 1. The van der Waals surface area contributed by atoms with Crippen LogP contribution in [0.15, 0.2) is 0 Å². The molecule has 2 heterocycles. The Morgan fingerprint density at radius 3 is 2.83 bits per heavy atom. The summed E-state index contributed by atoms with van der Waals surface area (Å²) >= 11 is 0. The molecule has 0 aromatic carbocycles. The number of rotatable bonds is 3. The summed E-state index contributed by atoms with van der Waals surface area (Å²) in [5.41, 5.74) is -0.762. The number of likely N-dealkylation sites (tertiary alicyclic amines) is 1. The number of halogens is 2. The van der Waals surface area contributed by atoms with Crippen LogP contribution in [0.25, 0.3) is 0 Å². The van der Waals surface area contributed by atoms with Crippen molar-refractivity contribution >= 4 is 5.97 Å². The molecule has 0 radical (unpaired) electrons. The number of fused-ring (bicyclic) bond motifs is 1. The van der Waals surface area contributed by atoms with Crippen molar-refractivity contribution in [3.8, 4) is 0 Å². The van der Waals surface area contributed by atoms with E-state index in [4.69, 9.17) is 4.74 Å². The van der Waals surface area contributed by atoms with Gasteiger partial charge in [0.1, 0.15) is 0 Å². The summed E-state index contributed by atoms with van der Waals surface area (Å²) in [5, 5.41) is 2.86. The van der Waals surface area contributed by atoms with Crippen molar-refractivity contribution < 1.29 is 18.3 Å². The molecule has 2 saturated heterocycles. The fraction of sp³-hybridized carbons (Fsp3) is 0.917. The molecule has 0 aliphatic carbocycles. The van der Waals surface area contributed by atoms with Crippen LogP contribution >= 0.6 is 0 Å². The van der Waals surface area contributed by atoms with Crippen molar-refractivity contribution in [3.63, 3.8) is 0 Å². The molecule has 6 heteroatoms. The number of hydrogen-bond donors (Lipinski definition) is 1. The number of carbonyl (C=O) groups excluding carboxylic acids is 1. The summed E-state index contributed by atoms with van der Waals surface area (Å²) in [6.45, 7) is 4.09. The first-order chi connectivity index (χ1) is 8.28. The van der Waals surface area contributed by atoms with E-state index in [-0.39, 0.29) is 18.6 Å². The second kappa shape index (κ2) is 4.42. The Morgan fingerprint density at radius 2 is 2.22 bits per heavy atom. The van der Waals surface area contributed by atoms with Crippen LogP contribution in [0.3, 0.4) is 0 Å². The second-order valence-corrected chi connectivity index (χ2v) is 5.83. The number of hydrogen-bond acceptors (Lipinski definition) is 4. The van der Waals surface area contributed by atoms with Crippen LogP contribution in [0.4, 0.5) is 8.78 Å². The summed E-state index contributed by atoms with van der Waals surface area (Å²) in [6, 6.07) is -0.949. The highest BCUT2D eigenvalue weighted by molar-refractivity contribution is 5.76. The Hall–Kier alpha value is -0.750. The molecule has 2 aliphatic heterocycles. The molecule has 0 saturated carbocycles. The summed E-state index contributed by atoms with van der Waals surface area (Å²) in [5.74, 6) is -3.08. The van der Waals surface area contributed by atoms with Crippen molar-refractivity contribution in [1.29, 1.82) is 0 Å². The van der Waals surface area contributed by atoms with Crippen molar-refractivity contribution in [2.45, 2.75) is 38.3 Å². The molecule has 2 unspecified atom stereocenters. The van der Waals surface area contributed by atoms with Gasteiger partial charge in [-0.3, -0.25) is 9.69 Å². The Labute approximate surface area is 106 Å². The van der Waals surface area contributed by atoms with Gasteiger partial charge in [-0.15, -0.1) is 0 Å². The van der Waals surface area contributed by atoms with Crippen LogP contribution in [0, 0.1) is 5.41 Å². The van der Waals surface area contributed by atoms with E-state index in [0.29, 0.717) is 19.5 Å². The SMILES string of the molecule is COC(=O)C(C)(C)CN1CCC2NCC(F)(F)C21. The van der Waals surface area contributed by atoms with E-state index in [1.165, 1.54) is 7.11 Å². The summed E-state index contributed by atoms with van der Waals surface area (Å²) < 4.78 is 32.3. The van der Waals surface area contributed by atoms with Crippen molar-refractivity contribution in [2.75, 3.05) is 26.7 Å². The standard InChI is InChI=1S/C12H20F2N2O2/c1-11(2,10(17)18-3)7-16-5-4-8-9(16)12(13,14)6-15-8/h8-9,15H,4-7H2,1-3H3. The van der Waals surface area contributed by atoms with Gasteiger partial charge in [0.15, 0.2) is 0 Å². The molecule has 0 amide bonds. The first-order valence-electron chi connectivity index (χ1n) is 6.21. The Balaban J connectivity index is 2.09. The molecule has 2 atom stereocenters. The highest BCUT2D eigenvalue weighted by atomic mass is 19.3. The first-order valence-corrected chi connectivity index (χ1v) is 6.21. The van der Waals surface area contributed by atoms with Crippen molar-refractivity contribution in [3.05, 3.63) is 0 Å². The van der Waals surface area contributed by atoms with Crippen LogP contribution < -0.4 is 5.32 Å². The van der Waals surface area contributed by atoms with E-state index in [2.05, 4.69) is 5.32 Å². The average Bonchev–Trinajstić information content (AvgIpc) is 2.80. The first kappa shape index (κ1) is 13.7. The Morgan fingerprint density at radius 1 is 1.56 bits per heavy atom. The second-order valence-electron chi connectivity index (χ2n) is 5.83. The molecule has 0 spiro atoms. The average molecular weight is 262 g/mol. The maximum absolute atomic E-state index is 13.8.